The van der Waals surface area contributed by atoms with Crippen LogP contribution < -0.4 is 0 Å². The van der Waals surface area contributed by atoms with E-state index in [1.54, 1.807) is 0 Å². The maximum atomic E-state index is 12.8. The first-order valence-corrected chi connectivity index (χ1v) is 10.1. The number of hydrogen-bond acceptors (Lipinski definition) is 2. The highest BCUT2D eigenvalue weighted by atomic mass is 16.4. The molecule has 4 nitrogen and oxygen atoms in total. The summed E-state index contributed by atoms with van der Waals surface area (Å²) in [5, 5.41) is 9.53. The first kappa shape index (κ1) is 18.7. The van der Waals surface area contributed by atoms with Crippen LogP contribution in [0.25, 0.3) is 11.1 Å². The molecule has 0 saturated heterocycles. The Bertz CT molecular complexity index is 955. The number of carbonyl (C=O) groups excluding carboxylic acids is 1. The topological polar surface area (TPSA) is 57.6 Å². The molecule has 28 heavy (non-hydrogen) atoms. The summed E-state index contributed by atoms with van der Waals surface area (Å²) in [6.45, 7) is 7.40. The van der Waals surface area contributed by atoms with E-state index < -0.39 is 5.97 Å². The predicted octanol–water partition coefficient (Wildman–Crippen LogP) is 4.55. The van der Waals surface area contributed by atoms with Gasteiger partial charge in [0, 0.05) is 19.0 Å². The number of carboxylic acids is 1. The number of carboxylic acid groups (broad SMARTS) is 1. The van der Waals surface area contributed by atoms with Gasteiger partial charge in [-0.25, -0.2) is 0 Å². The van der Waals surface area contributed by atoms with Gasteiger partial charge in [-0.3, -0.25) is 9.59 Å². The summed E-state index contributed by atoms with van der Waals surface area (Å²) >= 11 is 0. The molecule has 2 aromatic carbocycles. The monoisotopic (exact) mass is 377 g/mol. The molecule has 1 amide bonds. The summed E-state index contributed by atoms with van der Waals surface area (Å²) in [4.78, 5) is 26.4. The Morgan fingerprint density at radius 3 is 2.14 bits per heavy atom. The van der Waals surface area contributed by atoms with E-state index in [9.17, 15) is 14.7 Å². The maximum absolute atomic E-state index is 12.8. The van der Waals surface area contributed by atoms with Crippen molar-refractivity contribution < 1.29 is 14.7 Å². The van der Waals surface area contributed by atoms with Gasteiger partial charge in [0.1, 0.15) is 0 Å². The van der Waals surface area contributed by atoms with E-state index in [2.05, 4.69) is 31.2 Å². The Morgan fingerprint density at radius 1 is 1.00 bits per heavy atom. The van der Waals surface area contributed by atoms with E-state index in [-0.39, 0.29) is 18.2 Å². The molecule has 0 bridgehead atoms. The van der Waals surface area contributed by atoms with Gasteiger partial charge in [-0.2, -0.15) is 0 Å². The molecular formula is C24H27NO3. The molecule has 2 aliphatic rings. The van der Waals surface area contributed by atoms with E-state index in [1.807, 2.05) is 18.7 Å². The number of amides is 1. The molecule has 0 spiro atoms. The van der Waals surface area contributed by atoms with Crippen LogP contribution in [0.1, 0.15) is 52.6 Å². The second-order valence-electron chi connectivity index (χ2n) is 8.32. The molecule has 1 N–H and O–H groups in total. The molecule has 4 rings (SSSR count). The second-order valence-corrected chi connectivity index (χ2v) is 8.32. The predicted molar refractivity (Wildman–Crippen MR) is 109 cm³/mol. The smallest absolute Gasteiger partial charge is 0.307 e. The molecule has 1 heterocycles. The average Bonchev–Trinajstić information content (AvgIpc) is 3.05. The van der Waals surface area contributed by atoms with Crippen molar-refractivity contribution in [3.05, 3.63) is 57.6 Å². The minimum Gasteiger partial charge on any atom is -0.481 e. The average molecular weight is 377 g/mol. The van der Waals surface area contributed by atoms with Gasteiger partial charge in [-0.05, 0) is 72.6 Å². The maximum Gasteiger partial charge on any atom is 0.307 e. The van der Waals surface area contributed by atoms with Crippen LogP contribution in [-0.4, -0.2) is 21.9 Å². The number of rotatable bonds is 4. The molecule has 1 aliphatic heterocycles. The standard InChI is InChI=1S/C24H27NO3/c1-14-7-9-17(10-8-14)23-16(3)21-13-25(24(28)18-5-4-6-18)12-20(21)15(2)19(23)11-22(26)27/h7-10,18H,4-6,11-13H2,1-3H3,(H,26,27). The highest BCUT2D eigenvalue weighted by molar-refractivity contribution is 5.84. The van der Waals surface area contributed by atoms with Crippen molar-refractivity contribution in [2.24, 2.45) is 5.92 Å². The van der Waals surface area contributed by atoms with E-state index in [1.165, 1.54) is 11.1 Å². The summed E-state index contributed by atoms with van der Waals surface area (Å²) in [6.07, 6.45) is 3.15. The third kappa shape index (κ3) is 3.11. The summed E-state index contributed by atoms with van der Waals surface area (Å²) in [7, 11) is 0. The quantitative estimate of drug-likeness (QED) is 0.850. The molecule has 1 aliphatic carbocycles. The normalized spacial score (nSPS) is 16.0. The zero-order chi connectivity index (χ0) is 20.0. The van der Waals surface area contributed by atoms with Crippen molar-refractivity contribution in [3.63, 3.8) is 0 Å². The van der Waals surface area contributed by atoms with Crippen LogP contribution >= 0.6 is 0 Å². The third-order valence-corrected chi connectivity index (χ3v) is 6.53. The van der Waals surface area contributed by atoms with Gasteiger partial charge in [-0.1, -0.05) is 36.2 Å². The molecule has 0 unspecified atom stereocenters. The highest BCUT2D eigenvalue weighted by Gasteiger charge is 2.35. The van der Waals surface area contributed by atoms with E-state index in [0.717, 1.165) is 52.6 Å². The van der Waals surface area contributed by atoms with E-state index >= 15 is 0 Å². The fourth-order valence-electron chi connectivity index (χ4n) is 4.62. The number of carbonyl (C=O) groups is 2. The summed E-state index contributed by atoms with van der Waals surface area (Å²) in [5.74, 6) is -0.376. The van der Waals surface area contributed by atoms with E-state index in [4.69, 9.17) is 0 Å². The number of aliphatic carboxylic acids is 1. The highest BCUT2D eigenvalue weighted by Crippen LogP contribution is 2.41. The van der Waals surface area contributed by atoms with Gasteiger partial charge >= 0.3 is 5.97 Å². The Morgan fingerprint density at radius 2 is 1.61 bits per heavy atom. The van der Waals surface area contributed by atoms with E-state index in [0.29, 0.717) is 13.1 Å². The number of fused-ring (bicyclic) bond motifs is 1. The zero-order valence-corrected chi connectivity index (χ0v) is 16.8. The number of aryl methyl sites for hydroxylation is 1. The molecule has 0 aromatic heterocycles. The Balaban J connectivity index is 1.82. The van der Waals surface area contributed by atoms with Gasteiger partial charge in [0.05, 0.1) is 6.42 Å². The van der Waals surface area contributed by atoms with Crippen molar-refractivity contribution in [3.8, 4) is 11.1 Å². The van der Waals surface area contributed by atoms with Gasteiger partial charge in [0.25, 0.3) is 0 Å². The minimum absolute atomic E-state index is 0.000263. The van der Waals surface area contributed by atoms with Crippen molar-refractivity contribution in [2.75, 3.05) is 0 Å². The van der Waals surface area contributed by atoms with Crippen molar-refractivity contribution in [2.45, 2.75) is 59.5 Å². The van der Waals surface area contributed by atoms with Crippen LogP contribution in [0.3, 0.4) is 0 Å². The Labute approximate surface area is 166 Å². The lowest BCUT2D eigenvalue weighted by molar-refractivity contribution is -0.139. The van der Waals surface area contributed by atoms with Crippen molar-refractivity contribution >= 4 is 11.9 Å². The molecule has 146 valence electrons. The first-order chi connectivity index (χ1) is 13.4. The lowest BCUT2D eigenvalue weighted by Gasteiger charge is -2.28. The molecule has 1 fully saturated rings. The summed E-state index contributed by atoms with van der Waals surface area (Å²) in [5.41, 5.74) is 8.63. The third-order valence-electron chi connectivity index (χ3n) is 6.53. The molecule has 1 saturated carbocycles. The van der Waals surface area contributed by atoms with Crippen LogP contribution in [-0.2, 0) is 29.1 Å². The number of hydrogen-bond donors (Lipinski definition) is 1. The van der Waals surface area contributed by atoms with Crippen LogP contribution in [0.15, 0.2) is 24.3 Å². The molecule has 4 heteroatoms. The Kier molecular flexibility index (Phi) is 4.74. The van der Waals surface area contributed by atoms with Crippen LogP contribution in [0.5, 0.6) is 0 Å². The van der Waals surface area contributed by atoms with Gasteiger partial charge < -0.3 is 10.0 Å². The van der Waals surface area contributed by atoms with Gasteiger partial charge in [0.2, 0.25) is 5.91 Å². The summed E-state index contributed by atoms with van der Waals surface area (Å²) < 4.78 is 0. The molecule has 0 radical (unpaired) electrons. The van der Waals surface area contributed by atoms with Crippen LogP contribution in [0.2, 0.25) is 0 Å². The lowest BCUT2D eigenvalue weighted by atomic mass is 9.84. The van der Waals surface area contributed by atoms with Crippen molar-refractivity contribution in [1.29, 1.82) is 0 Å². The molecular weight excluding hydrogens is 350 g/mol. The van der Waals surface area contributed by atoms with Gasteiger partial charge in [-0.15, -0.1) is 0 Å². The molecule has 2 aromatic rings. The van der Waals surface area contributed by atoms with Crippen LogP contribution in [0.4, 0.5) is 0 Å². The first-order valence-electron chi connectivity index (χ1n) is 10.1. The SMILES string of the molecule is Cc1ccc(-c2c(C)c3c(c(C)c2CC(=O)O)CN(C(=O)C2CCC2)C3)cc1. The fraction of sp³-hybridized carbons (Fsp3) is 0.417. The fourth-order valence-corrected chi connectivity index (χ4v) is 4.62. The summed E-state index contributed by atoms with van der Waals surface area (Å²) in [6, 6.07) is 8.27. The number of nitrogens with zero attached hydrogens (tertiary/aromatic N) is 1. The minimum atomic E-state index is -0.823. The zero-order valence-electron chi connectivity index (χ0n) is 16.8. The van der Waals surface area contributed by atoms with Gasteiger partial charge in [0.15, 0.2) is 0 Å². The molecule has 0 atom stereocenters. The van der Waals surface area contributed by atoms with Crippen molar-refractivity contribution in [1.82, 2.24) is 4.90 Å². The Hall–Kier alpha value is -2.62. The number of benzene rings is 2. The largest absolute Gasteiger partial charge is 0.481 e. The lowest BCUT2D eigenvalue weighted by Crippen LogP contribution is -2.35. The van der Waals surface area contributed by atoms with Crippen LogP contribution in [0, 0.1) is 26.7 Å². The second kappa shape index (κ2) is 7.08.